The van der Waals surface area contributed by atoms with Gasteiger partial charge in [-0.15, -0.1) is 0 Å². The van der Waals surface area contributed by atoms with Gasteiger partial charge in [0.05, 0.1) is 0 Å². The van der Waals surface area contributed by atoms with Crippen LogP contribution in [-0.4, -0.2) is 30.2 Å². The molecule has 0 spiro atoms. The maximum Gasteiger partial charge on any atom is 3.00 e. The SMILES string of the molecule is C=C1C=CC(C)=C1.C=C1CC=C(C)CC1.C=C1CCC(C)CC1.C=C1Oc2ccc(C)cc2O1.C=[C-]CC=[C-]C.C=[C-]CC[CH-]C.CC(CO)CO.CC1CCCCC1.Cc1ccc2c(c1)OCO2.Cc1ccccc1.Cc1ccccc1.[CH3-].[CH3-].[Y+3].[Y+3]. The molecule has 0 saturated heterocycles. The van der Waals surface area contributed by atoms with Crippen LogP contribution in [0.25, 0.3) is 0 Å². The minimum atomic E-state index is 0. The minimum absolute atomic E-state index is 0. The van der Waals surface area contributed by atoms with Crippen LogP contribution in [0.3, 0.4) is 0 Å². The van der Waals surface area contributed by atoms with Gasteiger partial charge in [0.25, 0.3) is 5.95 Å². The van der Waals surface area contributed by atoms with E-state index in [1.54, 1.807) is 6.92 Å². The first kappa shape index (κ1) is 91.3. The molecule has 0 bridgehead atoms. The van der Waals surface area contributed by atoms with Gasteiger partial charge in [-0.25, -0.2) is 19.3 Å². The molecule has 4 aromatic rings. The van der Waals surface area contributed by atoms with E-state index in [0.717, 1.165) is 71.7 Å². The third-order valence-corrected chi connectivity index (χ3v) is 13.1. The summed E-state index contributed by atoms with van der Waals surface area (Å²) in [5.41, 5.74) is 11.8. The molecule has 2 saturated carbocycles. The number of aliphatic hydroxyl groups excluding tert-OH is 2. The predicted molar refractivity (Wildman–Crippen MR) is 370 cm³/mol. The molecule has 6 nitrogen and oxygen atoms in total. The monoisotopic (exact) mass is 1340 g/mol. The van der Waals surface area contributed by atoms with Crippen molar-refractivity contribution in [1.82, 2.24) is 0 Å². The Morgan fingerprint density at radius 3 is 1.45 bits per heavy atom. The first-order valence-corrected chi connectivity index (χ1v) is 29.9. The first-order valence-electron chi connectivity index (χ1n) is 29.9. The Kier molecular flexibility index (Phi) is 63.5. The van der Waals surface area contributed by atoms with Gasteiger partial charge >= 0.3 is 65.4 Å². The van der Waals surface area contributed by atoms with E-state index in [0.29, 0.717) is 12.7 Å². The fourth-order valence-electron chi connectivity index (χ4n) is 7.60. The summed E-state index contributed by atoms with van der Waals surface area (Å²) >= 11 is 0. The van der Waals surface area contributed by atoms with Crippen LogP contribution < -0.4 is 18.9 Å². The molecule has 0 radical (unpaired) electrons. The van der Waals surface area contributed by atoms with Crippen molar-refractivity contribution in [2.75, 3.05) is 20.0 Å². The third-order valence-electron chi connectivity index (χ3n) is 13.1. The number of unbranched alkanes of at least 4 members (excludes halogenated alkanes) is 2. The van der Waals surface area contributed by atoms with Crippen LogP contribution in [0, 0.1) is 85.0 Å². The molecule has 472 valence electrons. The molecule has 0 unspecified atom stereocenters. The number of aryl methyl sites for hydroxylation is 4. The Hall–Kier alpha value is -4.39. The summed E-state index contributed by atoms with van der Waals surface area (Å²) in [6, 6.07) is 32.2. The van der Waals surface area contributed by atoms with Crippen LogP contribution in [0.2, 0.25) is 0 Å². The van der Waals surface area contributed by atoms with Crippen molar-refractivity contribution in [3.63, 3.8) is 0 Å². The summed E-state index contributed by atoms with van der Waals surface area (Å²) in [6.45, 7) is 45.3. The molecular formula is C79H114O6Y2. The van der Waals surface area contributed by atoms with E-state index in [1.807, 2.05) is 113 Å². The van der Waals surface area contributed by atoms with E-state index in [2.05, 4.69) is 148 Å². The summed E-state index contributed by atoms with van der Waals surface area (Å²) in [5, 5.41) is 16.3. The summed E-state index contributed by atoms with van der Waals surface area (Å²) in [5.74, 6) is 5.62. The van der Waals surface area contributed by atoms with Gasteiger partial charge in [0, 0.05) is 19.1 Å². The molecule has 2 aliphatic heterocycles. The minimum Gasteiger partial charge on any atom is -0.506 e. The Morgan fingerprint density at radius 1 is 0.609 bits per heavy atom. The van der Waals surface area contributed by atoms with Crippen molar-refractivity contribution in [2.45, 2.75) is 172 Å². The van der Waals surface area contributed by atoms with Crippen molar-refractivity contribution in [3.8, 4) is 23.0 Å². The van der Waals surface area contributed by atoms with Crippen LogP contribution in [0.15, 0.2) is 201 Å². The number of rotatable bonds is 7. The Labute approximate surface area is 585 Å². The van der Waals surface area contributed by atoms with Crippen LogP contribution >= 0.6 is 0 Å². The zero-order chi connectivity index (χ0) is 62.0. The zero-order valence-corrected chi connectivity index (χ0v) is 62.3. The third kappa shape index (κ3) is 53.2. The van der Waals surface area contributed by atoms with Crippen LogP contribution in [0.4, 0.5) is 0 Å². The molecule has 0 amide bonds. The van der Waals surface area contributed by atoms with E-state index >= 15 is 0 Å². The van der Waals surface area contributed by atoms with E-state index in [4.69, 9.17) is 29.2 Å². The van der Waals surface area contributed by atoms with Crippen molar-refractivity contribution in [1.29, 1.82) is 0 Å². The topological polar surface area (TPSA) is 77.4 Å². The van der Waals surface area contributed by atoms with Crippen molar-refractivity contribution in [3.05, 3.63) is 262 Å². The quantitative estimate of drug-likeness (QED) is 0.109. The van der Waals surface area contributed by atoms with Gasteiger partial charge in [0.1, 0.15) is 0 Å². The largest absolute Gasteiger partial charge is 3.00 e. The molecule has 2 heterocycles. The van der Waals surface area contributed by atoms with Gasteiger partial charge < -0.3 is 68.7 Å². The van der Waals surface area contributed by atoms with Gasteiger partial charge in [-0.1, -0.05) is 203 Å². The standard InChI is InChI=1S/C9H8O2.C8H8O2.C8H14.C8H12.C7H8.C7H14.2C7H8.C6H10.C6H8.C4H10O2.2CH3.2Y/c1-6-3-4-8-9(5-6)11-7(2)10-8;1-6-2-3-7-8(4-6)10-5-9-7;2*1-7-3-5-8(2)6-4-7;1-6-3-4-7(2)5-6;3*1-7-5-3-2-4-6-7;2*1-3-5-6-4-2;1-4(2-5)3-6;;;;/h3-5H,2H2,1H3;2-4H,5H2,1H3;8H,1,3-6H2,2H3;5H,1,3-4,6H2,2H3;3-5H,1H2,2H3;7H,2-6H2,1H3;2*2-6H,1H3;4H,1,5-6H2,2H3;6H,1,5H2,2H3;4-6H,2-3H2,1H3;2*1H3;;/q;;;;;;;;2*-2;;2*-1;2*+3. The van der Waals surface area contributed by atoms with Crippen molar-refractivity contribution < 1.29 is 94.6 Å². The fraction of sp³-hybridized carbons (Fsp3) is 0.405. The second kappa shape index (κ2) is 60.5. The smallest absolute Gasteiger partial charge is 0.506 e. The molecule has 0 aromatic heterocycles. The van der Waals surface area contributed by atoms with Gasteiger partial charge in [-0.05, 0) is 146 Å². The molecule has 87 heavy (non-hydrogen) atoms. The van der Waals surface area contributed by atoms with Gasteiger partial charge in [0.2, 0.25) is 6.79 Å². The van der Waals surface area contributed by atoms with E-state index < -0.39 is 0 Å². The van der Waals surface area contributed by atoms with Crippen molar-refractivity contribution >= 4 is 0 Å². The molecule has 2 fully saturated rings. The van der Waals surface area contributed by atoms with Gasteiger partial charge in [-0.3, -0.25) is 19.2 Å². The number of hydrogen-bond acceptors (Lipinski definition) is 6. The number of benzene rings is 4. The normalized spacial score (nSPS) is 14.2. The molecule has 6 aliphatic rings. The molecular weight excluding hydrogens is 1220 g/mol. The summed E-state index contributed by atoms with van der Waals surface area (Å²) in [6.07, 6.45) is 39.9. The number of fused-ring (bicyclic) bond motifs is 2. The molecule has 4 aliphatic carbocycles. The summed E-state index contributed by atoms with van der Waals surface area (Å²) in [4.78, 5) is 0. The molecule has 4 aromatic carbocycles. The average molecular weight is 1340 g/mol. The molecule has 10 rings (SSSR count). The average Bonchev–Trinajstić information content (AvgIpc) is 4.47. The van der Waals surface area contributed by atoms with E-state index in [1.165, 1.54) is 110 Å². The first-order chi connectivity index (χ1) is 39.8. The van der Waals surface area contributed by atoms with Crippen LogP contribution in [-0.2, 0) is 65.4 Å². The Balaban J connectivity index is -0.000000284. The fourth-order valence-corrected chi connectivity index (χ4v) is 7.60. The Bertz CT molecular complexity index is 2460. The van der Waals surface area contributed by atoms with Crippen LogP contribution in [0.1, 0.15) is 167 Å². The van der Waals surface area contributed by atoms with Gasteiger partial charge in [-0.2, -0.15) is 13.8 Å². The maximum absolute atomic E-state index is 8.17. The summed E-state index contributed by atoms with van der Waals surface area (Å²) < 4.78 is 20.6. The second-order valence-corrected chi connectivity index (χ2v) is 21.8. The summed E-state index contributed by atoms with van der Waals surface area (Å²) in [7, 11) is 0. The predicted octanol–water partition coefficient (Wildman–Crippen LogP) is 22.2. The van der Waals surface area contributed by atoms with E-state index in [-0.39, 0.29) is 99.4 Å². The number of aliphatic hydroxyl groups is 2. The number of ether oxygens (including phenoxy) is 4. The Morgan fingerprint density at radius 2 is 1.11 bits per heavy atom. The zero-order valence-electron chi connectivity index (χ0n) is 56.6. The number of hydrogen-bond donors (Lipinski definition) is 2. The van der Waals surface area contributed by atoms with Gasteiger partial charge in [0.15, 0.2) is 23.0 Å². The molecule has 0 atom stereocenters. The van der Waals surface area contributed by atoms with E-state index in [9.17, 15) is 0 Å². The second-order valence-electron chi connectivity index (χ2n) is 21.8. The molecule has 2 N–H and O–H groups in total. The van der Waals surface area contributed by atoms with Crippen LogP contribution in [0.5, 0.6) is 23.0 Å². The van der Waals surface area contributed by atoms with Crippen molar-refractivity contribution in [2.24, 2.45) is 17.8 Å². The number of allylic oxidation sites excluding steroid dienone is 13. The molecule has 8 heteroatoms. The maximum atomic E-state index is 8.17.